The van der Waals surface area contributed by atoms with Gasteiger partial charge in [0.25, 0.3) is 0 Å². The molecule has 0 radical (unpaired) electrons. The minimum atomic E-state index is 0.0680. The summed E-state index contributed by atoms with van der Waals surface area (Å²) in [6.45, 7) is 8.22. The normalized spacial score (nSPS) is 11.5. The van der Waals surface area contributed by atoms with Gasteiger partial charge in [0.1, 0.15) is 5.82 Å². The van der Waals surface area contributed by atoms with Crippen molar-refractivity contribution in [2.75, 3.05) is 31.7 Å². The van der Waals surface area contributed by atoms with Gasteiger partial charge in [0.15, 0.2) is 0 Å². The van der Waals surface area contributed by atoms with Gasteiger partial charge in [0.05, 0.1) is 19.8 Å². The second-order valence-corrected chi connectivity index (χ2v) is 4.94. The molecule has 0 saturated carbocycles. The summed E-state index contributed by atoms with van der Waals surface area (Å²) in [7, 11) is 0. The van der Waals surface area contributed by atoms with E-state index in [1.165, 1.54) is 5.56 Å². The number of aliphatic hydroxyl groups is 1. The van der Waals surface area contributed by atoms with Crippen LogP contribution in [0.5, 0.6) is 0 Å². The molecule has 1 heterocycles. The van der Waals surface area contributed by atoms with E-state index in [1.807, 2.05) is 12.3 Å². The van der Waals surface area contributed by atoms with Crippen molar-refractivity contribution < 1.29 is 9.84 Å². The summed E-state index contributed by atoms with van der Waals surface area (Å²) >= 11 is 0. The van der Waals surface area contributed by atoms with Crippen molar-refractivity contribution in [1.82, 2.24) is 4.98 Å². The molecule has 96 valence electrons. The van der Waals surface area contributed by atoms with Crippen molar-refractivity contribution in [3.8, 4) is 0 Å². The van der Waals surface area contributed by atoms with Gasteiger partial charge in [0.2, 0.25) is 0 Å². The maximum Gasteiger partial charge on any atom is 0.125 e. The lowest BCUT2D eigenvalue weighted by atomic mass is 9.88. The smallest absolute Gasteiger partial charge is 0.125 e. The molecule has 0 aliphatic rings. The quantitative estimate of drug-likeness (QED) is 0.742. The molecule has 0 amide bonds. The number of anilines is 1. The molecule has 1 aromatic heterocycles. The molecule has 0 spiro atoms. The van der Waals surface area contributed by atoms with Gasteiger partial charge in [-0.2, -0.15) is 0 Å². The zero-order valence-electron chi connectivity index (χ0n) is 10.9. The first-order valence-corrected chi connectivity index (χ1v) is 5.93. The number of rotatable bonds is 6. The standard InChI is InChI=1S/C13H22N2O2/c1-13(2,3)11-4-5-12(15-10-11)14-6-8-17-9-7-16/h4-5,10,16H,6-9H2,1-3H3,(H,14,15). The van der Waals surface area contributed by atoms with Crippen LogP contribution in [0.3, 0.4) is 0 Å². The Bertz CT molecular complexity index is 317. The molecule has 0 aromatic carbocycles. The number of aliphatic hydroxyl groups excluding tert-OH is 1. The monoisotopic (exact) mass is 238 g/mol. The molecule has 0 unspecified atom stereocenters. The maximum atomic E-state index is 8.53. The van der Waals surface area contributed by atoms with Crippen LogP contribution in [-0.2, 0) is 10.2 Å². The highest BCUT2D eigenvalue weighted by Crippen LogP contribution is 2.21. The number of nitrogens with one attached hydrogen (secondary N) is 1. The zero-order valence-corrected chi connectivity index (χ0v) is 10.9. The number of pyridine rings is 1. The predicted octanol–water partition coefficient (Wildman–Crippen LogP) is 1.80. The van der Waals surface area contributed by atoms with Crippen molar-refractivity contribution in [3.05, 3.63) is 23.9 Å². The third-order valence-electron chi connectivity index (χ3n) is 2.42. The van der Waals surface area contributed by atoms with Crippen LogP contribution in [0.2, 0.25) is 0 Å². The largest absolute Gasteiger partial charge is 0.394 e. The average Bonchev–Trinajstić information content (AvgIpc) is 2.28. The van der Waals surface area contributed by atoms with Crippen LogP contribution >= 0.6 is 0 Å². The summed E-state index contributed by atoms with van der Waals surface area (Å²) in [5.41, 5.74) is 1.36. The Labute approximate surface area is 103 Å². The first-order valence-electron chi connectivity index (χ1n) is 5.93. The lowest BCUT2D eigenvalue weighted by molar-refractivity contribution is 0.0992. The topological polar surface area (TPSA) is 54.4 Å². The summed E-state index contributed by atoms with van der Waals surface area (Å²) in [5.74, 6) is 0.852. The van der Waals surface area contributed by atoms with Crippen LogP contribution in [0.1, 0.15) is 26.3 Å². The first-order chi connectivity index (χ1) is 8.04. The highest BCUT2D eigenvalue weighted by molar-refractivity contribution is 5.36. The molecular formula is C13H22N2O2. The third-order valence-corrected chi connectivity index (χ3v) is 2.42. The average molecular weight is 238 g/mol. The molecule has 0 saturated heterocycles. The second kappa shape index (κ2) is 6.57. The second-order valence-electron chi connectivity index (χ2n) is 4.94. The Hall–Kier alpha value is -1.13. The molecule has 0 aliphatic heterocycles. The fourth-order valence-corrected chi connectivity index (χ4v) is 1.36. The number of hydrogen-bond acceptors (Lipinski definition) is 4. The fraction of sp³-hybridized carbons (Fsp3) is 0.615. The van der Waals surface area contributed by atoms with Gasteiger partial charge in [0, 0.05) is 12.7 Å². The molecule has 4 nitrogen and oxygen atoms in total. The molecule has 0 aliphatic carbocycles. The molecule has 2 N–H and O–H groups in total. The van der Waals surface area contributed by atoms with Crippen LogP contribution in [0.25, 0.3) is 0 Å². The molecule has 0 fully saturated rings. The van der Waals surface area contributed by atoms with E-state index in [9.17, 15) is 0 Å². The first kappa shape index (κ1) is 13.9. The molecule has 0 bridgehead atoms. The summed E-state index contributed by atoms with van der Waals surface area (Å²) in [6.07, 6.45) is 1.90. The van der Waals surface area contributed by atoms with E-state index in [2.05, 4.69) is 37.1 Å². The van der Waals surface area contributed by atoms with Crippen molar-refractivity contribution in [2.24, 2.45) is 0 Å². The fourth-order valence-electron chi connectivity index (χ4n) is 1.36. The van der Waals surface area contributed by atoms with Crippen LogP contribution in [0.15, 0.2) is 18.3 Å². The molecule has 1 rings (SSSR count). The minimum Gasteiger partial charge on any atom is -0.394 e. The zero-order chi connectivity index (χ0) is 12.7. The number of aromatic nitrogens is 1. The molecule has 4 heteroatoms. The predicted molar refractivity (Wildman–Crippen MR) is 69.3 cm³/mol. The van der Waals surface area contributed by atoms with E-state index < -0.39 is 0 Å². The summed E-state index contributed by atoms with van der Waals surface area (Å²) in [6, 6.07) is 4.07. The van der Waals surface area contributed by atoms with E-state index in [0.717, 1.165) is 5.82 Å². The molecular weight excluding hydrogens is 216 g/mol. The summed E-state index contributed by atoms with van der Waals surface area (Å²) in [4.78, 5) is 4.35. The van der Waals surface area contributed by atoms with Crippen molar-refractivity contribution >= 4 is 5.82 Å². The van der Waals surface area contributed by atoms with Crippen molar-refractivity contribution in [3.63, 3.8) is 0 Å². The van der Waals surface area contributed by atoms with E-state index in [1.54, 1.807) is 0 Å². The van der Waals surface area contributed by atoms with Crippen LogP contribution in [0, 0.1) is 0 Å². The summed E-state index contributed by atoms with van der Waals surface area (Å²) < 4.78 is 5.14. The van der Waals surface area contributed by atoms with Crippen LogP contribution in [-0.4, -0.2) is 36.5 Å². The van der Waals surface area contributed by atoms with Crippen molar-refractivity contribution in [2.45, 2.75) is 26.2 Å². The molecule has 17 heavy (non-hydrogen) atoms. The number of ether oxygens (including phenoxy) is 1. The van der Waals surface area contributed by atoms with Gasteiger partial charge in [-0.3, -0.25) is 0 Å². The van der Waals surface area contributed by atoms with Crippen LogP contribution < -0.4 is 5.32 Å². The van der Waals surface area contributed by atoms with Gasteiger partial charge >= 0.3 is 0 Å². The summed E-state index contributed by atoms with van der Waals surface area (Å²) in [5, 5.41) is 11.7. The lowest BCUT2D eigenvalue weighted by Gasteiger charge is -2.18. The van der Waals surface area contributed by atoms with E-state index in [0.29, 0.717) is 19.8 Å². The molecule has 1 aromatic rings. The van der Waals surface area contributed by atoms with Gasteiger partial charge in [-0.05, 0) is 17.0 Å². The lowest BCUT2D eigenvalue weighted by Crippen LogP contribution is -2.14. The maximum absolute atomic E-state index is 8.53. The molecule has 0 atom stereocenters. The minimum absolute atomic E-state index is 0.0680. The highest BCUT2D eigenvalue weighted by Gasteiger charge is 2.13. The Balaban J connectivity index is 2.36. The van der Waals surface area contributed by atoms with E-state index in [-0.39, 0.29) is 12.0 Å². The van der Waals surface area contributed by atoms with E-state index in [4.69, 9.17) is 9.84 Å². The van der Waals surface area contributed by atoms with Gasteiger partial charge in [-0.1, -0.05) is 26.8 Å². The Morgan fingerprint density at radius 1 is 1.29 bits per heavy atom. The Morgan fingerprint density at radius 2 is 2.06 bits per heavy atom. The highest BCUT2D eigenvalue weighted by atomic mass is 16.5. The van der Waals surface area contributed by atoms with Crippen molar-refractivity contribution in [1.29, 1.82) is 0 Å². The van der Waals surface area contributed by atoms with Gasteiger partial charge in [-0.25, -0.2) is 4.98 Å². The number of hydrogen-bond donors (Lipinski definition) is 2. The SMILES string of the molecule is CC(C)(C)c1ccc(NCCOCCO)nc1. The van der Waals surface area contributed by atoms with Gasteiger partial charge in [-0.15, -0.1) is 0 Å². The van der Waals surface area contributed by atoms with Crippen LogP contribution in [0.4, 0.5) is 5.82 Å². The Morgan fingerprint density at radius 3 is 2.59 bits per heavy atom. The Kier molecular flexibility index (Phi) is 5.38. The third kappa shape index (κ3) is 5.15. The number of nitrogens with zero attached hydrogens (tertiary/aromatic N) is 1. The van der Waals surface area contributed by atoms with Gasteiger partial charge < -0.3 is 15.2 Å². The van der Waals surface area contributed by atoms with E-state index >= 15 is 0 Å².